The Balaban J connectivity index is 3.03. The third kappa shape index (κ3) is 3.71. The van der Waals surface area contributed by atoms with Crippen LogP contribution >= 0.6 is 22.6 Å². The second-order valence-corrected chi connectivity index (χ2v) is 8.03. The molecule has 22 heavy (non-hydrogen) atoms. The smallest absolute Gasteiger partial charge is 0.331 e. The molecule has 2 unspecified atom stereocenters. The Kier molecular flexibility index (Phi) is 6.21. The van der Waals surface area contributed by atoms with Crippen molar-refractivity contribution in [3.8, 4) is 0 Å². The number of H-pyrrole nitrogens is 1. The van der Waals surface area contributed by atoms with Gasteiger partial charge < -0.3 is 9.16 Å². The van der Waals surface area contributed by atoms with Crippen molar-refractivity contribution in [1.29, 1.82) is 0 Å². The summed E-state index contributed by atoms with van der Waals surface area (Å²) in [7, 11) is 0.599. The van der Waals surface area contributed by atoms with Crippen LogP contribution in [0.5, 0.6) is 0 Å². The van der Waals surface area contributed by atoms with Crippen molar-refractivity contribution in [2.75, 3.05) is 0 Å². The van der Waals surface area contributed by atoms with Gasteiger partial charge in [-0.1, -0.05) is 20.8 Å². The monoisotopic (exact) mass is 440 g/mol. The highest BCUT2D eigenvalue weighted by Gasteiger charge is 2.42. The maximum Gasteiger partial charge on any atom is 0.331 e. The second-order valence-electron chi connectivity index (χ2n) is 6.60. The van der Waals surface area contributed by atoms with E-state index >= 15 is 0 Å². The van der Waals surface area contributed by atoms with Gasteiger partial charge in [-0.3, -0.25) is 14.3 Å². The molecule has 1 heterocycles. The zero-order chi connectivity index (χ0) is 17.3. The summed E-state index contributed by atoms with van der Waals surface area (Å²) in [6.45, 7) is 12.0. The molecule has 0 amide bonds. The van der Waals surface area contributed by atoms with Crippen molar-refractivity contribution in [2.45, 2.75) is 60.0 Å². The summed E-state index contributed by atoms with van der Waals surface area (Å²) in [5.74, 6) is 0. The van der Waals surface area contributed by atoms with Gasteiger partial charge in [-0.2, -0.15) is 0 Å². The minimum Gasteiger partial charge on any atom is -0.420 e. The van der Waals surface area contributed by atoms with E-state index in [1.54, 1.807) is 6.92 Å². The molecule has 0 bridgehead atoms. The highest BCUT2D eigenvalue weighted by molar-refractivity contribution is 14.1. The molecule has 0 spiro atoms. The molecular formula is C14H25IN2O4Si. The average Bonchev–Trinajstić information content (AvgIpc) is 2.42. The van der Waals surface area contributed by atoms with E-state index in [1.165, 1.54) is 4.57 Å². The highest BCUT2D eigenvalue weighted by Crippen LogP contribution is 2.37. The van der Waals surface area contributed by atoms with Crippen LogP contribution in [0.4, 0.5) is 0 Å². The predicted octanol–water partition coefficient (Wildman–Crippen LogP) is 0.914. The number of hydrogen-bond acceptors (Lipinski definition) is 4. The molecule has 1 aromatic rings. The molecule has 2 atom stereocenters. The van der Waals surface area contributed by atoms with E-state index < -0.39 is 11.3 Å². The van der Waals surface area contributed by atoms with Crippen LogP contribution in [0.25, 0.3) is 0 Å². The summed E-state index contributed by atoms with van der Waals surface area (Å²) in [6.07, 6.45) is -0.208. The topological polar surface area (TPSA) is 73.3 Å². The fourth-order valence-corrected chi connectivity index (χ4v) is 3.73. The summed E-state index contributed by atoms with van der Waals surface area (Å²) in [4.78, 5) is 25.8. The predicted molar refractivity (Wildman–Crippen MR) is 98.2 cm³/mol. The lowest BCUT2D eigenvalue weighted by Crippen LogP contribution is -2.52. The van der Waals surface area contributed by atoms with Gasteiger partial charge in [0.2, 0.25) is 0 Å². The van der Waals surface area contributed by atoms with Gasteiger partial charge in [-0.15, -0.1) is 0 Å². The molecule has 1 N–H and O–H groups in total. The Hall–Kier alpha value is -0.453. The lowest BCUT2D eigenvalue weighted by Gasteiger charge is -2.45. The van der Waals surface area contributed by atoms with Gasteiger partial charge in [0, 0.05) is 5.56 Å². The molecule has 0 fully saturated rings. The Morgan fingerprint density at radius 3 is 2.32 bits per heavy atom. The van der Waals surface area contributed by atoms with E-state index in [4.69, 9.17) is 9.16 Å². The molecule has 0 aliphatic rings. The van der Waals surface area contributed by atoms with Crippen molar-refractivity contribution < 1.29 is 9.16 Å². The summed E-state index contributed by atoms with van der Waals surface area (Å²) >= 11 is 1.99. The molecule has 1 rings (SSSR count). The SMILES string of the molecule is Cc1c(I)n(COC(C)C(C)(O[SiH3])C(C)(C)C)c(=O)[nH]c1=O. The van der Waals surface area contributed by atoms with Crippen LogP contribution in [-0.2, 0) is 15.9 Å². The van der Waals surface area contributed by atoms with Crippen LogP contribution in [0.3, 0.4) is 0 Å². The normalized spacial score (nSPS) is 16.5. The van der Waals surface area contributed by atoms with Crippen molar-refractivity contribution in [2.24, 2.45) is 5.41 Å². The Bertz CT molecular complexity index is 650. The summed E-state index contributed by atoms with van der Waals surface area (Å²) in [6, 6.07) is 0. The zero-order valence-corrected chi connectivity index (χ0v) is 18.4. The van der Waals surface area contributed by atoms with E-state index in [9.17, 15) is 9.59 Å². The third-order valence-electron chi connectivity index (χ3n) is 4.50. The Morgan fingerprint density at radius 2 is 1.86 bits per heavy atom. The average molecular weight is 440 g/mol. The molecule has 0 aromatic carbocycles. The van der Waals surface area contributed by atoms with Crippen molar-refractivity contribution in [3.63, 3.8) is 0 Å². The standard InChI is InChI=1S/C14H25IN2O4Si/c1-8-10(15)17(12(19)16-11(8)18)7-20-9(2)14(6,21-22)13(3,4)5/h9H,7H2,1-6,22H3,(H,16,18,19). The number of aromatic amines is 1. The van der Waals surface area contributed by atoms with Crippen molar-refractivity contribution in [1.82, 2.24) is 9.55 Å². The number of hydrogen-bond donors (Lipinski definition) is 1. The van der Waals surface area contributed by atoms with Gasteiger partial charge in [0.15, 0.2) is 0 Å². The molecule has 6 nitrogen and oxygen atoms in total. The highest BCUT2D eigenvalue weighted by atomic mass is 127. The van der Waals surface area contributed by atoms with Gasteiger partial charge >= 0.3 is 5.69 Å². The minimum absolute atomic E-state index is 0.0759. The number of nitrogens with one attached hydrogen (secondary N) is 1. The van der Waals surface area contributed by atoms with Crippen LogP contribution < -0.4 is 11.2 Å². The summed E-state index contributed by atoms with van der Waals surface area (Å²) < 4.78 is 13.7. The fraction of sp³-hybridized carbons (Fsp3) is 0.714. The lowest BCUT2D eigenvalue weighted by molar-refractivity contribution is -0.142. The van der Waals surface area contributed by atoms with Gasteiger partial charge in [0.1, 0.15) is 17.2 Å². The first-order valence-corrected chi connectivity index (χ1v) is 9.01. The van der Waals surface area contributed by atoms with E-state index in [0.29, 0.717) is 19.8 Å². The van der Waals surface area contributed by atoms with Gasteiger partial charge in [0.25, 0.3) is 5.56 Å². The molecular weight excluding hydrogens is 415 g/mol. The Morgan fingerprint density at radius 1 is 1.32 bits per heavy atom. The van der Waals surface area contributed by atoms with Gasteiger partial charge in [0.05, 0.1) is 15.4 Å². The fourth-order valence-electron chi connectivity index (χ4n) is 2.19. The van der Waals surface area contributed by atoms with Crippen LogP contribution in [0.15, 0.2) is 9.59 Å². The quantitative estimate of drug-likeness (QED) is 0.420. The molecule has 8 heteroatoms. The van der Waals surface area contributed by atoms with Gasteiger partial charge in [-0.05, 0) is 48.8 Å². The zero-order valence-electron chi connectivity index (χ0n) is 14.2. The molecule has 0 radical (unpaired) electrons. The first kappa shape index (κ1) is 19.6. The summed E-state index contributed by atoms with van der Waals surface area (Å²) in [5, 5.41) is 0. The first-order valence-electron chi connectivity index (χ1n) is 7.11. The largest absolute Gasteiger partial charge is 0.420 e. The van der Waals surface area contributed by atoms with Crippen LogP contribution in [0.1, 0.15) is 40.2 Å². The molecule has 126 valence electrons. The Labute approximate surface area is 147 Å². The van der Waals surface area contributed by atoms with E-state index in [1.807, 2.05) is 36.4 Å². The molecule has 0 saturated carbocycles. The molecule has 1 aromatic heterocycles. The van der Waals surface area contributed by atoms with E-state index in [2.05, 4.69) is 25.8 Å². The van der Waals surface area contributed by atoms with Crippen LogP contribution in [-0.4, -0.2) is 31.7 Å². The first-order chi connectivity index (χ1) is 9.95. The van der Waals surface area contributed by atoms with Crippen molar-refractivity contribution in [3.05, 3.63) is 30.1 Å². The van der Waals surface area contributed by atoms with E-state index in [0.717, 1.165) is 0 Å². The second kappa shape index (κ2) is 6.98. The van der Waals surface area contributed by atoms with Crippen LogP contribution in [0.2, 0.25) is 0 Å². The maximum absolute atomic E-state index is 11.9. The molecule has 0 aliphatic carbocycles. The van der Waals surface area contributed by atoms with Crippen molar-refractivity contribution >= 4 is 33.1 Å². The van der Waals surface area contributed by atoms with Gasteiger partial charge in [-0.25, -0.2) is 4.79 Å². The minimum atomic E-state index is -0.462. The third-order valence-corrected chi connectivity index (χ3v) is 6.73. The number of rotatable bonds is 5. The number of halogens is 1. The van der Waals surface area contributed by atoms with E-state index in [-0.39, 0.29) is 23.8 Å². The number of aromatic nitrogens is 2. The van der Waals surface area contributed by atoms with Crippen LogP contribution in [0, 0.1) is 16.0 Å². The summed E-state index contributed by atoms with van der Waals surface area (Å²) in [5.41, 5.74) is -0.870. The molecule has 0 aliphatic heterocycles. The lowest BCUT2D eigenvalue weighted by atomic mass is 9.75. The maximum atomic E-state index is 11.9. The number of nitrogens with zero attached hydrogens (tertiary/aromatic N) is 1. The number of ether oxygens (including phenoxy) is 1. The molecule has 0 saturated heterocycles.